The number of amides is 2. The molecule has 0 aliphatic heterocycles. The van der Waals surface area contributed by atoms with E-state index >= 15 is 0 Å². The van der Waals surface area contributed by atoms with Crippen LogP contribution in [0.15, 0.2) is 54.6 Å². The number of nitrogen functional groups attached to an aromatic ring is 1. The van der Waals surface area contributed by atoms with Gasteiger partial charge in [-0.05, 0) is 11.1 Å². The van der Waals surface area contributed by atoms with Crippen LogP contribution in [0.25, 0.3) is 0 Å². The highest BCUT2D eigenvalue weighted by atomic mass is 32.2. The van der Waals surface area contributed by atoms with Crippen molar-refractivity contribution in [2.24, 2.45) is 5.73 Å². The molecule has 188 valence electrons. The van der Waals surface area contributed by atoms with E-state index in [4.69, 9.17) is 15.9 Å². The molecule has 2 amide bonds. The molecule has 0 heterocycles. The van der Waals surface area contributed by atoms with Crippen LogP contribution in [0.2, 0.25) is 0 Å². The number of amidine groups is 1. The fourth-order valence-corrected chi connectivity index (χ4v) is 4.10. The molecular weight excluding hydrogens is 478 g/mol. The van der Waals surface area contributed by atoms with E-state index in [0.717, 1.165) is 12.7 Å². The minimum absolute atomic E-state index is 0.0755. The molecule has 0 aromatic heterocycles. The standard InChI is InChI=1S/C22H27N5O7S/c1-33-22(30)34-13-18(27-35(31,32)14-16-5-3-2-4-6-16)21(29)26-12-19(28)25-11-15-7-9-17(10-8-15)20(23)24/h2-10,18,27H,11-14H2,1H3,(H3,23,24)(H,25,28)(H,26,29)/t18-/m1/s1. The Morgan fingerprint density at radius 3 is 2.26 bits per heavy atom. The second-order valence-electron chi connectivity index (χ2n) is 7.29. The number of benzene rings is 2. The van der Waals surface area contributed by atoms with Crippen molar-refractivity contribution >= 4 is 33.8 Å². The largest absolute Gasteiger partial charge is 0.508 e. The first-order valence-corrected chi connectivity index (χ1v) is 12.0. The van der Waals surface area contributed by atoms with Crippen molar-refractivity contribution in [2.75, 3.05) is 20.3 Å². The molecule has 0 saturated heterocycles. The van der Waals surface area contributed by atoms with Crippen molar-refractivity contribution in [3.05, 3.63) is 71.3 Å². The van der Waals surface area contributed by atoms with Crippen LogP contribution in [0.3, 0.4) is 0 Å². The Labute approximate surface area is 202 Å². The first-order chi connectivity index (χ1) is 16.6. The number of nitrogens with two attached hydrogens (primary N) is 1. The summed E-state index contributed by atoms with van der Waals surface area (Å²) in [5, 5.41) is 12.3. The van der Waals surface area contributed by atoms with Crippen molar-refractivity contribution in [3.63, 3.8) is 0 Å². The van der Waals surface area contributed by atoms with Gasteiger partial charge < -0.3 is 25.8 Å². The van der Waals surface area contributed by atoms with Gasteiger partial charge in [-0.15, -0.1) is 0 Å². The van der Waals surface area contributed by atoms with Gasteiger partial charge in [0.15, 0.2) is 0 Å². The summed E-state index contributed by atoms with van der Waals surface area (Å²) < 4.78 is 36.3. The van der Waals surface area contributed by atoms with Gasteiger partial charge in [-0.2, -0.15) is 4.72 Å². The Hall–Kier alpha value is -3.97. The molecule has 12 nitrogen and oxygen atoms in total. The van der Waals surface area contributed by atoms with Crippen LogP contribution in [0.5, 0.6) is 0 Å². The molecule has 6 N–H and O–H groups in total. The third-order valence-electron chi connectivity index (χ3n) is 4.55. The van der Waals surface area contributed by atoms with E-state index in [-0.39, 0.29) is 12.4 Å². The van der Waals surface area contributed by atoms with E-state index in [1.54, 1.807) is 54.6 Å². The number of rotatable bonds is 12. The van der Waals surface area contributed by atoms with E-state index in [9.17, 15) is 22.8 Å². The lowest BCUT2D eigenvalue weighted by molar-refractivity contribution is -0.127. The Morgan fingerprint density at radius 1 is 1.00 bits per heavy atom. The monoisotopic (exact) mass is 505 g/mol. The minimum Gasteiger partial charge on any atom is -0.438 e. The summed E-state index contributed by atoms with van der Waals surface area (Å²) in [6.07, 6.45) is -1.10. The number of carbonyl (C=O) groups excluding carboxylic acids is 3. The van der Waals surface area contributed by atoms with E-state index < -0.39 is 52.9 Å². The van der Waals surface area contributed by atoms with Crippen LogP contribution < -0.4 is 21.1 Å². The van der Waals surface area contributed by atoms with Gasteiger partial charge in [0.05, 0.1) is 19.4 Å². The van der Waals surface area contributed by atoms with Gasteiger partial charge in [0.1, 0.15) is 18.5 Å². The number of nitrogens with one attached hydrogen (secondary N) is 4. The predicted octanol–water partition coefficient (Wildman–Crippen LogP) is -0.0257. The molecule has 1 atom stereocenters. The van der Waals surface area contributed by atoms with Crippen molar-refractivity contribution in [1.29, 1.82) is 5.41 Å². The summed E-state index contributed by atoms with van der Waals surface area (Å²) in [5.74, 6) is -1.88. The molecule has 0 bridgehead atoms. The fourth-order valence-electron chi connectivity index (χ4n) is 2.78. The third kappa shape index (κ3) is 9.81. The first kappa shape index (κ1) is 27.3. The fraction of sp³-hybridized carbons (Fsp3) is 0.273. The van der Waals surface area contributed by atoms with Gasteiger partial charge in [-0.3, -0.25) is 15.0 Å². The van der Waals surface area contributed by atoms with Gasteiger partial charge in [-0.25, -0.2) is 13.2 Å². The molecule has 2 aromatic carbocycles. The maximum atomic E-state index is 12.6. The van der Waals surface area contributed by atoms with Crippen LogP contribution >= 0.6 is 0 Å². The highest BCUT2D eigenvalue weighted by Crippen LogP contribution is 2.06. The molecule has 0 unspecified atom stereocenters. The second kappa shape index (κ2) is 13.1. The molecule has 0 aliphatic carbocycles. The van der Waals surface area contributed by atoms with Crippen LogP contribution in [0, 0.1) is 5.41 Å². The van der Waals surface area contributed by atoms with E-state index in [2.05, 4.69) is 20.1 Å². The zero-order chi connectivity index (χ0) is 25.8. The molecule has 35 heavy (non-hydrogen) atoms. The molecular formula is C22H27N5O7S. The number of sulfonamides is 1. The van der Waals surface area contributed by atoms with Crippen LogP contribution in [-0.4, -0.2) is 58.5 Å². The van der Waals surface area contributed by atoms with E-state index in [1.165, 1.54) is 0 Å². The third-order valence-corrected chi connectivity index (χ3v) is 5.91. The predicted molar refractivity (Wildman–Crippen MR) is 127 cm³/mol. The Bertz CT molecular complexity index is 1140. The summed E-state index contributed by atoms with van der Waals surface area (Å²) in [6, 6.07) is 13.5. The van der Waals surface area contributed by atoms with Crippen LogP contribution in [0.1, 0.15) is 16.7 Å². The van der Waals surface area contributed by atoms with Crippen molar-refractivity contribution in [2.45, 2.75) is 18.3 Å². The molecule has 2 rings (SSSR count). The van der Waals surface area contributed by atoms with Gasteiger partial charge in [0.25, 0.3) is 0 Å². The molecule has 0 saturated carbocycles. The van der Waals surface area contributed by atoms with Crippen LogP contribution in [0.4, 0.5) is 4.79 Å². The van der Waals surface area contributed by atoms with Gasteiger partial charge in [0, 0.05) is 12.1 Å². The van der Waals surface area contributed by atoms with Crippen LogP contribution in [-0.2, 0) is 41.4 Å². The zero-order valence-corrected chi connectivity index (χ0v) is 19.8. The lowest BCUT2D eigenvalue weighted by atomic mass is 10.1. The van der Waals surface area contributed by atoms with Crippen molar-refractivity contribution in [3.8, 4) is 0 Å². The molecule has 0 spiro atoms. The van der Waals surface area contributed by atoms with Gasteiger partial charge in [-0.1, -0.05) is 54.6 Å². The van der Waals surface area contributed by atoms with Crippen molar-refractivity contribution in [1.82, 2.24) is 15.4 Å². The minimum atomic E-state index is -4.00. The normalized spacial score (nSPS) is 11.7. The van der Waals surface area contributed by atoms with Gasteiger partial charge in [0.2, 0.25) is 21.8 Å². The van der Waals surface area contributed by atoms with Gasteiger partial charge >= 0.3 is 6.16 Å². The van der Waals surface area contributed by atoms with Crippen molar-refractivity contribution < 1.29 is 32.3 Å². The maximum Gasteiger partial charge on any atom is 0.508 e. The average Bonchev–Trinajstić information content (AvgIpc) is 2.84. The number of carbonyl (C=O) groups is 3. The molecule has 13 heteroatoms. The average molecular weight is 506 g/mol. The topological polar surface area (TPSA) is 190 Å². The smallest absolute Gasteiger partial charge is 0.438 e. The summed E-state index contributed by atoms with van der Waals surface area (Å²) in [5.41, 5.74) is 7.17. The Balaban J connectivity index is 1.93. The molecule has 2 aromatic rings. The quantitative estimate of drug-likeness (QED) is 0.151. The molecule has 0 fully saturated rings. The lowest BCUT2D eigenvalue weighted by Gasteiger charge is -2.18. The number of hydrogen-bond donors (Lipinski definition) is 5. The zero-order valence-electron chi connectivity index (χ0n) is 18.9. The highest BCUT2D eigenvalue weighted by Gasteiger charge is 2.27. The highest BCUT2D eigenvalue weighted by molar-refractivity contribution is 7.88. The SMILES string of the molecule is COC(=O)OC[C@@H](NS(=O)(=O)Cc1ccccc1)C(=O)NCC(=O)NCc1ccc(C(=N)N)cc1. The van der Waals surface area contributed by atoms with E-state index in [1.807, 2.05) is 0 Å². The second-order valence-corrected chi connectivity index (χ2v) is 9.04. The number of ether oxygens (including phenoxy) is 2. The number of hydrogen-bond acceptors (Lipinski definition) is 8. The summed E-state index contributed by atoms with van der Waals surface area (Å²) >= 11 is 0. The first-order valence-electron chi connectivity index (χ1n) is 10.3. The Morgan fingerprint density at radius 2 is 1.66 bits per heavy atom. The maximum absolute atomic E-state index is 12.6. The Kier molecular flexibility index (Phi) is 10.2. The molecule has 0 radical (unpaired) electrons. The van der Waals surface area contributed by atoms with E-state index in [0.29, 0.717) is 11.1 Å². The summed E-state index contributed by atoms with van der Waals surface area (Å²) in [4.78, 5) is 36.0. The summed E-state index contributed by atoms with van der Waals surface area (Å²) in [7, 11) is -2.93. The summed E-state index contributed by atoms with van der Waals surface area (Å²) in [6.45, 7) is -0.929. The lowest BCUT2D eigenvalue weighted by Crippen LogP contribution is -2.51. The number of methoxy groups -OCH3 is 1. The molecule has 0 aliphatic rings.